The summed E-state index contributed by atoms with van der Waals surface area (Å²) in [4.78, 5) is 12.8. The number of carboxylic acids is 1. The number of aliphatic carboxylic acids is 1. The third kappa shape index (κ3) is 2.18. The molecule has 4 aromatic carbocycles. The average Bonchev–Trinajstić information content (AvgIpc) is 3.48. The molecule has 1 atom stereocenters. The third-order valence-electron chi connectivity index (χ3n) is 6.27. The number of fused-ring (bicyclic) bond motifs is 1. The lowest BCUT2D eigenvalue weighted by Gasteiger charge is -2.25. The van der Waals surface area contributed by atoms with Gasteiger partial charge in [0, 0.05) is 5.41 Å². The van der Waals surface area contributed by atoms with Gasteiger partial charge in [0.05, 0.1) is 0 Å². The van der Waals surface area contributed by atoms with E-state index in [1.165, 1.54) is 0 Å². The predicted octanol–water partition coefficient (Wildman–Crippen LogP) is 5.55. The quantitative estimate of drug-likeness (QED) is 0.515. The minimum atomic E-state index is -0.972. The summed E-state index contributed by atoms with van der Waals surface area (Å²) in [7, 11) is 0. The van der Waals surface area contributed by atoms with Crippen molar-refractivity contribution >= 4 is 16.7 Å². The van der Waals surface area contributed by atoms with Gasteiger partial charge in [-0.3, -0.25) is 4.79 Å². The highest BCUT2D eigenvalue weighted by Gasteiger charge is 2.74. The van der Waals surface area contributed by atoms with Crippen LogP contribution in [0.5, 0.6) is 0 Å². The fourth-order valence-corrected chi connectivity index (χ4v) is 4.85. The molecular formula is C26H20O2. The van der Waals surface area contributed by atoms with Crippen molar-refractivity contribution < 1.29 is 9.90 Å². The summed E-state index contributed by atoms with van der Waals surface area (Å²) in [6, 6.07) is 34.3. The fraction of sp³-hybridized carbons (Fsp3) is 0.115. The van der Waals surface area contributed by atoms with E-state index in [0.717, 1.165) is 27.5 Å². The second-order valence-corrected chi connectivity index (χ2v) is 7.59. The van der Waals surface area contributed by atoms with Crippen LogP contribution in [0.4, 0.5) is 0 Å². The molecule has 2 heteroatoms. The van der Waals surface area contributed by atoms with Gasteiger partial charge < -0.3 is 5.11 Å². The molecule has 0 aliphatic heterocycles. The molecule has 1 aliphatic rings. The zero-order valence-corrected chi connectivity index (χ0v) is 15.4. The molecule has 136 valence electrons. The van der Waals surface area contributed by atoms with Gasteiger partial charge in [0.25, 0.3) is 0 Å². The minimum Gasteiger partial charge on any atom is -0.481 e. The molecule has 0 radical (unpaired) electrons. The van der Waals surface area contributed by atoms with Crippen molar-refractivity contribution in [2.45, 2.75) is 17.3 Å². The Morgan fingerprint density at radius 3 is 1.75 bits per heavy atom. The number of benzene rings is 4. The molecule has 28 heavy (non-hydrogen) atoms. The largest absolute Gasteiger partial charge is 0.481 e. The highest BCUT2D eigenvalue weighted by Crippen LogP contribution is 2.69. The van der Waals surface area contributed by atoms with Gasteiger partial charge in [0.2, 0.25) is 0 Å². The van der Waals surface area contributed by atoms with E-state index in [-0.39, 0.29) is 0 Å². The third-order valence-corrected chi connectivity index (χ3v) is 6.27. The zero-order valence-electron chi connectivity index (χ0n) is 15.4. The van der Waals surface area contributed by atoms with E-state index >= 15 is 0 Å². The van der Waals surface area contributed by atoms with E-state index in [1.54, 1.807) is 0 Å². The van der Waals surface area contributed by atoms with Crippen molar-refractivity contribution in [1.82, 2.24) is 0 Å². The molecule has 4 aromatic rings. The smallest absolute Gasteiger partial charge is 0.315 e. The van der Waals surface area contributed by atoms with Crippen molar-refractivity contribution in [2.24, 2.45) is 0 Å². The summed E-state index contributed by atoms with van der Waals surface area (Å²) in [5.41, 5.74) is 1.43. The lowest BCUT2D eigenvalue weighted by atomic mass is 9.77. The Labute approximate surface area is 164 Å². The molecule has 0 heterocycles. The maximum absolute atomic E-state index is 12.8. The number of hydrogen-bond acceptors (Lipinski definition) is 1. The van der Waals surface area contributed by atoms with Gasteiger partial charge in [0.1, 0.15) is 5.41 Å². The molecular weight excluding hydrogens is 344 g/mol. The number of hydrogen-bond donors (Lipinski definition) is 1. The van der Waals surface area contributed by atoms with Gasteiger partial charge >= 0.3 is 5.97 Å². The molecule has 0 saturated heterocycles. The Morgan fingerprint density at radius 1 is 0.643 bits per heavy atom. The molecule has 1 N–H and O–H groups in total. The van der Waals surface area contributed by atoms with Gasteiger partial charge in [-0.15, -0.1) is 0 Å². The van der Waals surface area contributed by atoms with Crippen LogP contribution in [0, 0.1) is 0 Å². The van der Waals surface area contributed by atoms with Crippen molar-refractivity contribution in [3.05, 3.63) is 120 Å². The van der Waals surface area contributed by atoms with Crippen LogP contribution in [0.2, 0.25) is 0 Å². The summed E-state index contributed by atoms with van der Waals surface area (Å²) < 4.78 is 0. The first-order chi connectivity index (χ1) is 13.7. The molecule has 1 saturated carbocycles. The first-order valence-corrected chi connectivity index (χ1v) is 9.52. The fourth-order valence-electron chi connectivity index (χ4n) is 4.85. The maximum atomic E-state index is 12.8. The number of rotatable bonds is 4. The van der Waals surface area contributed by atoms with E-state index in [2.05, 4.69) is 36.4 Å². The molecule has 0 bridgehead atoms. The first kappa shape index (κ1) is 16.8. The van der Waals surface area contributed by atoms with Gasteiger partial charge in [-0.1, -0.05) is 97.1 Å². The van der Waals surface area contributed by atoms with Gasteiger partial charge in [-0.05, 0) is 39.9 Å². The normalized spacial score (nSPS) is 20.0. The molecule has 0 amide bonds. The van der Waals surface area contributed by atoms with Crippen molar-refractivity contribution in [2.75, 3.05) is 0 Å². The number of carboxylic acid groups (broad SMARTS) is 1. The number of carbonyl (C=O) groups is 1. The Kier molecular flexibility index (Phi) is 3.63. The Balaban J connectivity index is 1.78. The van der Waals surface area contributed by atoms with E-state index in [9.17, 15) is 9.90 Å². The van der Waals surface area contributed by atoms with Gasteiger partial charge in [-0.25, -0.2) is 0 Å². The Hall–Kier alpha value is -3.39. The summed E-state index contributed by atoms with van der Waals surface area (Å²) in [6.07, 6.45) is 0.557. The SMILES string of the molecule is O=C(O)C1(c2ccc3ccccc3c2)CC1(c1ccccc1)c1ccccc1. The summed E-state index contributed by atoms with van der Waals surface area (Å²) >= 11 is 0. The van der Waals surface area contributed by atoms with Crippen LogP contribution in [0.25, 0.3) is 10.8 Å². The summed E-state index contributed by atoms with van der Waals surface area (Å²) in [5, 5.41) is 12.7. The second kappa shape index (κ2) is 6.07. The van der Waals surface area contributed by atoms with Crippen LogP contribution in [-0.4, -0.2) is 11.1 Å². The molecule has 5 rings (SSSR count). The molecule has 1 unspecified atom stereocenters. The molecule has 1 fully saturated rings. The van der Waals surface area contributed by atoms with Crippen molar-refractivity contribution in [3.63, 3.8) is 0 Å². The molecule has 2 nitrogen and oxygen atoms in total. The highest BCUT2D eigenvalue weighted by atomic mass is 16.4. The summed E-state index contributed by atoms with van der Waals surface area (Å²) in [5.74, 6) is -0.768. The Bertz CT molecular complexity index is 1130. The van der Waals surface area contributed by atoms with Crippen LogP contribution in [0.3, 0.4) is 0 Å². The lowest BCUT2D eigenvalue weighted by molar-refractivity contribution is -0.140. The Morgan fingerprint density at radius 2 is 1.18 bits per heavy atom. The first-order valence-electron chi connectivity index (χ1n) is 9.52. The van der Waals surface area contributed by atoms with Gasteiger partial charge in [-0.2, -0.15) is 0 Å². The van der Waals surface area contributed by atoms with Crippen molar-refractivity contribution in [3.8, 4) is 0 Å². The van der Waals surface area contributed by atoms with Crippen LogP contribution < -0.4 is 0 Å². The van der Waals surface area contributed by atoms with E-state index < -0.39 is 16.8 Å². The van der Waals surface area contributed by atoms with Crippen LogP contribution in [0.15, 0.2) is 103 Å². The van der Waals surface area contributed by atoms with Crippen LogP contribution >= 0.6 is 0 Å². The standard InChI is InChI=1S/C26H20O2/c27-24(28)26(23-16-15-19-9-7-8-10-20(19)17-23)18-25(26,21-11-3-1-4-12-21)22-13-5-2-6-14-22/h1-17H,18H2,(H,27,28). The molecule has 0 aromatic heterocycles. The highest BCUT2D eigenvalue weighted by molar-refractivity contribution is 5.94. The molecule has 1 aliphatic carbocycles. The zero-order chi connectivity index (χ0) is 19.2. The predicted molar refractivity (Wildman–Crippen MR) is 112 cm³/mol. The van der Waals surface area contributed by atoms with Crippen LogP contribution in [-0.2, 0) is 15.6 Å². The van der Waals surface area contributed by atoms with Gasteiger partial charge in [0.15, 0.2) is 0 Å². The summed E-state index contributed by atoms with van der Waals surface area (Å²) in [6.45, 7) is 0. The monoisotopic (exact) mass is 364 g/mol. The minimum absolute atomic E-state index is 0.557. The van der Waals surface area contributed by atoms with Crippen molar-refractivity contribution in [1.29, 1.82) is 0 Å². The van der Waals surface area contributed by atoms with E-state index in [1.807, 2.05) is 66.7 Å². The molecule has 0 spiro atoms. The lowest BCUT2D eigenvalue weighted by Crippen LogP contribution is -2.31. The topological polar surface area (TPSA) is 37.3 Å². The van der Waals surface area contributed by atoms with Crippen LogP contribution in [0.1, 0.15) is 23.1 Å². The maximum Gasteiger partial charge on any atom is 0.315 e. The van der Waals surface area contributed by atoms with E-state index in [4.69, 9.17) is 0 Å². The van der Waals surface area contributed by atoms with E-state index in [0.29, 0.717) is 6.42 Å². The average molecular weight is 364 g/mol. The second-order valence-electron chi connectivity index (χ2n) is 7.59.